The second kappa shape index (κ2) is 7.96. The molecule has 1 aromatic rings. The van der Waals surface area contributed by atoms with Crippen molar-refractivity contribution in [2.24, 2.45) is 0 Å². The van der Waals surface area contributed by atoms with Crippen LogP contribution in [0, 0.1) is 0 Å². The summed E-state index contributed by atoms with van der Waals surface area (Å²) in [4.78, 5) is 0. The Kier molecular flexibility index (Phi) is 6.93. The van der Waals surface area contributed by atoms with Crippen LogP contribution >= 0.6 is 27.5 Å². The van der Waals surface area contributed by atoms with Crippen molar-refractivity contribution < 1.29 is 4.74 Å². The van der Waals surface area contributed by atoms with E-state index >= 15 is 0 Å². The third kappa shape index (κ3) is 5.28. The van der Waals surface area contributed by atoms with E-state index in [2.05, 4.69) is 35.1 Å². The van der Waals surface area contributed by atoms with Crippen molar-refractivity contribution in [1.29, 1.82) is 0 Å². The molecule has 0 aliphatic heterocycles. The molecule has 2 nitrogen and oxygen atoms in total. The minimum Gasteiger partial charge on any atom is -0.488 e. The highest BCUT2D eigenvalue weighted by Gasteiger charge is 2.10. The molecule has 96 valence electrons. The standard InChI is InChI=1S/C13H19BrClNO/c1-3-7-16-9-11(4-2)17-13-6-5-10(15)8-12(13)14/h5-6,8,11,16H,3-4,7,9H2,1-2H3. The number of hydrogen-bond donors (Lipinski definition) is 1. The smallest absolute Gasteiger partial charge is 0.134 e. The minimum atomic E-state index is 0.194. The van der Waals surface area contributed by atoms with E-state index in [0.717, 1.165) is 36.2 Å². The predicted octanol–water partition coefficient (Wildman–Crippen LogP) is 4.26. The molecule has 4 heteroatoms. The highest BCUT2D eigenvalue weighted by molar-refractivity contribution is 9.10. The first kappa shape index (κ1) is 14.8. The van der Waals surface area contributed by atoms with Gasteiger partial charge in [-0.1, -0.05) is 25.4 Å². The summed E-state index contributed by atoms with van der Waals surface area (Å²) in [6.45, 7) is 6.19. The van der Waals surface area contributed by atoms with Gasteiger partial charge in [-0.25, -0.2) is 0 Å². The van der Waals surface area contributed by atoms with E-state index in [0.29, 0.717) is 5.02 Å². The summed E-state index contributed by atoms with van der Waals surface area (Å²) in [5.41, 5.74) is 0. The second-order valence-electron chi connectivity index (χ2n) is 3.93. The molecule has 0 heterocycles. The lowest BCUT2D eigenvalue weighted by Crippen LogP contribution is -2.31. The third-order valence-corrected chi connectivity index (χ3v) is 3.30. The highest BCUT2D eigenvalue weighted by atomic mass is 79.9. The van der Waals surface area contributed by atoms with E-state index in [1.54, 1.807) is 0 Å². The van der Waals surface area contributed by atoms with Crippen molar-refractivity contribution in [3.8, 4) is 5.75 Å². The molecule has 17 heavy (non-hydrogen) atoms. The molecule has 1 N–H and O–H groups in total. The van der Waals surface area contributed by atoms with Crippen LogP contribution in [-0.2, 0) is 0 Å². The van der Waals surface area contributed by atoms with Gasteiger partial charge in [0, 0.05) is 11.6 Å². The van der Waals surface area contributed by atoms with Gasteiger partial charge in [-0.2, -0.15) is 0 Å². The fraction of sp³-hybridized carbons (Fsp3) is 0.538. The maximum Gasteiger partial charge on any atom is 0.134 e. The van der Waals surface area contributed by atoms with Crippen LogP contribution < -0.4 is 10.1 Å². The maximum absolute atomic E-state index is 5.93. The molecule has 0 aliphatic rings. The Bertz CT molecular complexity index is 346. The summed E-state index contributed by atoms with van der Waals surface area (Å²) in [7, 11) is 0. The number of rotatable bonds is 7. The predicted molar refractivity (Wildman–Crippen MR) is 77.0 cm³/mol. The zero-order valence-electron chi connectivity index (χ0n) is 10.3. The molecule has 0 spiro atoms. The van der Waals surface area contributed by atoms with E-state index in [4.69, 9.17) is 16.3 Å². The molecular weight excluding hydrogens is 302 g/mol. The summed E-state index contributed by atoms with van der Waals surface area (Å²) in [5.74, 6) is 0.847. The van der Waals surface area contributed by atoms with Crippen molar-refractivity contribution in [3.05, 3.63) is 27.7 Å². The monoisotopic (exact) mass is 319 g/mol. The summed E-state index contributed by atoms with van der Waals surface area (Å²) in [6, 6.07) is 5.59. The summed E-state index contributed by atoms with van der Waals surface area (Å²) in [5, 5.41) is 4.08. The summed E-state index contributed by atoms with van der Waals surface area (Å²) < 4.78 is 6.83. The fourth-order valence-corrected chi connectivity index (χ4v) is 2.24. The average molecular weight is 321 g/mol. The Balaban J connectivity index is 2.54. The molecule has 0 radical (unpaired) electrons. The lowest BCUT2D eigenvalue weighted by Gasteiger charge is -2.19. The molecule has 1 aromatic carbocycles. The van der Waals surface area contributed by atoms with Crippen LogP contribution in [0.15, 0.2) is 22.7 Å². The fourth-order valence-electron chi connectivity index (χ4n) is 1.46. The molecule has 0 aliphatic carbocycles. The van der Waals surface area contributed by atoms with E-state index in [1.165, 1.54) is 0 Å². The Morgan fingerprint density at radius 3 is 2.76 bits per heavy atom. The topological polar surface area (TPSA) is 21.3 Å². The van der Waals surface area contributed by atoms with Crippen LogP contribution in [0.4, 0.5) is 0 Å². The van der Waals surface area contributed by atoms with Crippen molar-refractivity contribution >= 4 is 27.5 Å². The van der Waals surface area contributed by atoms with Crippen LogP contribution in [-0.4, -0.2) is 19.2 Å². The number of nitrogens with one attached hydrogen (secondary N) is 1. The van der Waals surface area contributed by atoms with Gasteiger partial charge in [-0.3, -0.25) is 0 Å². The molecule has 0 fully saturated rings. The number of hydrogen-bond acceptors (Lipinski definition) is 2. The molecule has 0 amide bonds. The lowest BCUT2D eigenvalue weighted by molar-refractivity contribution is 0.192. The molecule has 1 unspecified atom stereocenters. The Morgan fingerprint density at radius 1 is 1.41 bits per heavy atom. The third-order valence-electron chi connectivity index (χ3n) is 2.44. The zero-order chi connectivity index (χ0) is 12.7. The summed E-state index contributed by atoms with van der Waals surface area (Å²) >= 11 is 9.35. The van der Waals surface area contributed by atoms with Crippen molar-refractivity contribution in [2.45, 2.75) is 32.8 Å². The first-order valence-corrected chi connectivity index (χ1v) is 7.16. The number of halogens is 2. The van der Waals surface area contributed by atoms with Crippen LogP contribution in [0.2, 0.25) is 5.02 Å². The van der Waals surface area contributed by atoms with Gasteiger partial charge < -0.3 is 10.1 Å². The van der Waals surface area contributed by atoms with Gasteiger partial charge >= 0.3 is 0 Å². The first-order chi connectivity index (χ1) is 8.17. The zero-order valence-corrected chi connectivity index (χ0v) is 12.6. The SMILES string of the molecule is CCCNCC(CC)Oc1ccc(Cl)cc1Br. The van der Waals surface area contributed by atoms with E-state index in [-0.39, 0.29) is 6.10 Å². The molecular formula is C13H19BrClNO. The van der Waals surface area contributed by atoms with Gasteiger partial charge in [0.15, 0.2) is 0 Å². The first-order valence-electron chi connectivity index (χ1n) is 5.99. The van der Waals surface area contributed by atoms with Crippen LogP contribution in [0.3, 0.4) is 0 Å². The Morgan fingerprint density at radius 2 is 2.18 bits per heavy atom. The van der Waals surface area contributed by atoms with Gasteiger partial charge in [-0.15, -0.1) is 0 Å². The maximum atomic E-state index is 5.93. The molecule has 0 saturated carbocycles. The normalized spacial score (nSPS) is 12.5. The number of ether oxygens (including phenoxy) is 1. The highest BCUT2D eigenvalue weighted by Crippen LogP contribution is 2.28. The van der Waals surface area contributed by atoms with Crippen molar-refractivity contribution in [1.82, 2.24) is 5.32 Å². The van der Waals surface area contributed by atoms with Crippen LogP contribution in [0.1, 0.15) is 26.7 Å². The Labute approximate surface area is 117 Å². The minimum absolute atomic E-state index is 0.194. The second-order valence-corrected chi connectivity index (χ2v) is 5.22. The van der Waals surface area contributed by atoms with Gasteiger partial charge in [0.1, 0.15) is 11.9 Å². The van der Waals surface area contributed by atoms with Crippen molar-refractivity contribution in [2.75, 3.05) is 13.1 Å². The molecule has 1 atom stereocenters. The van der Waals surface area contributed by atoms with E-state index in [9.17, 15) is 0 Å². The van der Waals surface area contributed by atoms with Crippen molar-refractivity contribution in [3.63, 3.8) is 0 Å². The van der Waals surface area contributed by atoms with Crippen LogP contribution in [0.25, 0.3) is 0 Å². The van der Waals surface area contributed by atoms with Gasteiger partial charge in [0.25, 0.3) is 0 Å². The molecule has 0 saturated heterocycles. The average Bonchev–Trinajstić information content (AvgIpc) is 2.31. The molecule has 0 bridgehead atoms. The largest absolute Gasteiger partial charge is 0.488 e. The summed E-state index contributed by atoms with van der Waals surface area (Å²) in [6.07, 6.45) is 2.31. The van der Waals surface area contributed by atoms with Gasteiger partial charge in [-0.05, 0) is 53.5 Å². The molecule has 0 aromatic heterocycles. The van der Waals surface area contributed by atoms with Gasteiger partial charge in [0.2, 0.25) is 0 Å². The Hall–Kier alpha value is -0.250. The molecule has 1 rings (SSSR count). The van der Waals surface area contributed by atoms with E-state index < -0.39 is 0 Å². The quantitative estimate of drug-likeness (QED) is 0.758. The van der Waals surface area contributed by atoms with Gasteiger partial charge in [0.05, 0.1) is 4.47 Å². The van der Waals surface area contributed by atoms with Crippen LogP contribution in [0.5, 0.6) is 5.75 Å². The number of benzene rings is 1. The lowest BCUT2D eigenvalue weighted by atomic mass is 10.2. The van der Waals surface area contributed by atoms with E-state index in [1.807, 2.05) is 18.2 Å².